The second-order valence-corrected chi connectivity index (χ2v) is 6.05. The summed E-state index contributed by atoms with van der Waals surface area (Å²) < 4.78 is 10.6. The fraction of sp³-hybridized carbons (Fsp3) is 0.278. The fourth-order valence-corrected chi connectivity index (χ4v) is 2.93. The van der Waals surface area contributed by atoms with Crippen LogP contribution in [0.4, 0.5) is 0 Å². The summed E-state index contributed by atoms with van der Waals surface area (Å²) in [4.78, 5) is 13.2. The number of thioether (sulfide) groups is 1. The zero-order valence-corrected chi connectivity index (χ0v) is 14.4. The van der Waals surface area contributed by atoms with Gasteiger partial charge in [-0.3, -0.25) is 4.79 Å². The van der Waals surface area contributed by atoms with Crippen molar-refractivity contribution in [3.05, 3.63) is 54.1 Å². The molecular formula is C18H21NO3S. The summed E-state index contributed by atoms with van der Waals surface area (Å²) in [5.41, 5.74) is 0.923. The Balaban J connectivity index is 1.95. The summed E-state index contributed by atoms with van der Waals surface area (Å²) in [6.45, 7) is 1.94. The van der Waals surface area contributed by atoms with Gasteiger partial charge in [-0.25, -0.2) is 0 Å². The minimum Gasteiger partial charge on any atom is -0.497 e. The first-order valence-corrected chi connectivity index (χ1v) is 8.31. The van der Waals surface area contributed by atoms with E-state index in [1.54, 1.807) is 14.2 Å². The van der Waals surface area contributed by atoms with Crippen molar-refractivity contribution < 1.29 is 14.3 Å². The van der Waals surface area contributed by atoms with E-state index < -0.39 is 0 Å². The maximum absolute atomic E-state index is 12.1. The number of amides is 1. The normalized spacial score (nSPS) is 11.6. The quantitative estimate of drug-likeness (QED) is 0.786. The average molecular weight is 331 g/mol. The minimum absolute atomic E-state index is 0.00998. The number of hydrogen-bond donors (Lipinski definition) is 1. The smallest absolute Gasteiger partial charge is 0.230 e. The predicted octanol–water partition coefficient (Wildman–Crippen LogP) is 3.67. The summed E-state index contributed by atoms with van der Waals surface area (Å²) in [6.07, 6.45) is 0. The van der Waals surface area contributed by atoms with E-state index in [4.69, 9.17) is 9.47 Å². The molecule has 0 aliphatic heterocycles. The first-order chi connectivity index (χ1) is 11.1. The molecule has 0 aliphatic carbocycles. The summed E-state index contributed by atoms with van der Waals surface area (Å²) in [7, 11) is 3.22. The van der Waals surface area contributed by atoms with Crippen LogP contribution in [0.1, 0.15) is 18.5 Å². The van der Waals surface area contributed by atoms with Crippen molar-refractivity contribution in [3.63, 3.8) is 0 Å². The van der Waals surface area contributed by atoms with Crippen molar-refractivity contribution >= 4 is 17.7 Å². The average Bonchev–Trinajstić information content (AvgIpc) is 2.60. The maximum Gasteiger partial charge on any atom is 0.230 e. The number of carbonyl (C=O) groups is 1. The van der Waals surface area contributed by atoms with Crippen LogP contribution in [0.15, 0.2) is 53.4 Å². The van der Waals surface area contributed by atoms with Gasteiger partial charge in [-0.2, -0.15) is 0 Å². The van der Waals surface area contributed by atoms with Crippen LogP contribution < -0.4 is 14.8 Å². The Bertz CT molecular complexity index is 646. The summed E-state index contributed by atoms with van der Waals surface area (Å²) in [6, 6.07) is 15.3. The Kier molecular flexibility index (Phi) is 6.35. The lowest BCUT2D eigenvalue weighted by atomic mass is 10.1. The van der Waals surface area contributed by atoms with Crippen molar-refractivity contribution in [2.45, 2.75) is 17.9 Å². The minimum atomic E-state index is -0.139. The molecule has 0 aromatic heterocycles. The molecule has 0 saturated carbocycles. The lowest BCUT2D eigenvalue weighted by molar-refractivity contribution is -0.119. The standard InChI is InChI=1S/C18H21NO3S/c1-13(16-10-9-14(21-2)11-17(16)22-3)19-18(20)12-23-15-7-5-4-6-8-15/h4-11,13H,12H2,1-3H3,(H,19,20). The number of hydrogen-bond acceptors (Lipinski definition) is 4. The SMILES string of the molecule is COc1ccc(C(C)NC(=O)CSc2ccccc2)c(OC)c1. The Hall–Kier alpha value is -2.14. The van der Waals surface area contributed by atoms with E-state index in [-0.39, 0.29) is 11.9 Å². The van der Waals surface area contributed by atoms with Gasteiger partial charge in [0, 0.05) is 16.5 Å². The highest BCUT2D eigenvalue weighted by molar-refractivity contribution is 8.00. The molecule has 122 valence electrons. The number of rotatable bonds is 7. The van der Waals surface area contributed by atoms with Gasteiger partial charge in [0.1, 0.15) is 11.5 Å². The molecule has 23 heavy (non-hydrogen) atoms. The highest BCUT2D eigenvalue weighted by Gasteiger charge is 2.15. The van der Waals surface area contributed by atoms with E-state index in [0.717, 1.165) is 16.2 Å². The molecule has 0 radical (unpaired) electrons. The van der Waals surface area contributed by atoms with Crippen LogP contribution in [0, 0.1) is 0 Å². The van der Waals surface area contributed by atoms with E-state index in [9.17, 15) is 4.79 Å². The van der Waals surface area contributed by atoms with Gasteiger partial charge in [0.25, 0.3) is 0 Å². The Morgan fingerprint density at radius 2 is 1.87 bits per heavy atom. The van der Waals surface area contributed by atoms with Crippen LogP contribution in [-0.4, -0.2) is 25.9 Å². The van der Waals surface area contributed by atoms with Crippen LogP contribution >= 0.6 is 11.8 Å². The molecule has 0 heterocycles. The Morgan fingerprint density at radius 3 is 2.52 bits per heavy atom. The molecule has 1 N–H and O–H groups in total. The van der Waals surface area contributed by atoms with Gasteiger partial charge in [-0.05, 0) is 31.2 Å². The molecule has 4 nitrogen and oxygen atoms in total. The second-order valence-electron chi connectivity index (χ2n) is 5.00. The molecule has 0 saturated heterocycles. The first-order valence-electron chi connectivity index (χ1n) is 7.33. The van der Waals surface area contributed by atoms with E-state index in [0.29, 0.717) is 11.5 Å². The fourth-order valence-electron chi connectivity index (χ4n) is 2.20. The number of ether oxygens (including phenoxy) is 2. The molecule has 1 atom stereocenters. The first kappa shape index (κ1) is 17.2. The van der Waals surface area contributed by atoms with Crippen molar-refractivity contribution in [2.75, 3.05) is 20.0 Å². The molecule has 0 aliphatic rings. The third-order valence-corrected chi connectivity index (χ3v) is 4.41. The summed E-state index contributed by atoms with van der Waals surface area (Å²) in [5.74, 6) is 1.80. The molecule has 0 spiro atoms. The molecule has 5 heteroatoms. The highest BCUT2D eigenvalue weighted by atomic mass is 32.2. The van der Waals surface area contributed by atoms with Crippen LogP contribution in [-0.2, 0) is 4.79 Å². The molecule has 2 aromatic rings. The van der Waals surface area contributed by atoms with Gasteiger partial charge in [-0.15, -0.1) is 11.8 Å². The molecule has 1 amide bonds. The Morgan fingerprint density at radius 1 is 1.13 bits per heavy atom. The summed E-state index contributed by atoms with van der Waals surface area (Å²) in [5, 5.41) is 3.00. The number of benzene rings is 2. The third kappa shape index (κ3) is 4.93. The third-order valence-electron chi connectivity index (χ3n) is 3.40. The van der Waals surface area contributed by atoms with E-state index in [1.165, 1.54) is 11.8 Å². The van der Waals surface area contributed by atoms with Gasteiger partial charge < -0.3 is 14.8 Å². The second kappa shape index (κ2) is 8.48. The van der Waals surface area contributed by atoms with E-state index in [2.05, 4.69) is 5.32 Å². The van der Waals surface area contributed by atoms with Gasteiger partial charge in [0.15, 0.2) is 0 Å². The van der Waals surface area contributed by atoms with Gasteiger partial charge in [-0.1, -0.05) is 18.2 Å². The van der Waals surface area contributed by atoms with Crippen LogP contribution in [0.25, 0.3) is 0 Å². The van der Waals surface area contributed by atoms with Gasteiger partial charge in [0.2, 0.25) is 5.91 Å². The van der Waals surface area contributed by atoms with Crippen molar-refractivity contribution in [3.8, 4) is 11.5 Å². The molecule has 0 fully saturated rings. The van der Waals surface area contributed by atoms with Crippen molar-refractivity contribution in [1.29, 1.82) is 0 Å². The van der Waals surface area contributed by atoms with Crippen LogP contribution in [0.3, 0.4) is 0 Å². The van der Waals surface area contributed by atoms with Crippen LogP contribution in [0.5, 0.6) is 11.5 Å². The largest absolute Gasteiger partial charge is 0.497 e. The van der Waals surface area contributed by atoms with Crippen molar-refractivity contribution in [2.24, 2.45) is 0 Å². The Labute approximate surface area is 141 Å². The lowest BCUT2D eigenvalue weighted by Gasteiger charge is -2.18. The van der Waals surface area contributed by atoms with E-state index >= 15 is 0 Å². The molecular weight excluding hydrogens is 310 g/mol. The molecule has 0 bridgehead atoms. The molecule has 1 unspecified atom stereocenters. The number of carbonyl (C=O) groups excluding carboxylic acids is 1. The van der Waals surface area contributed by atoms with Gasteiger partial charge >= 0.3 is 0 Å². The van der Waals surface area contributed by atoms with Crippen LogP contribution in [0.2, 0.25) is 0 Å². The zero-order chi connectivity index (χ0) is 16.7. The predicted molar refractivity (Wildman–Crippen MR) is 93.3 cm³/mol. The zero-order valence-electron chi connectivity index (χ0n) is 13.5. The van der Waals surface area contributed by atoms with Crippen molar-refractivity contribution in [1.82, 2.24) is 5.32 Å². The topological polar surface area (TPSA) is 47.6 Å². The van der Waals surface area contributed by atoms with Gasteiger partial charge in [0.05, 0.1) is 26.0 Å². The monoisotopic (exact) mass is 331 g/mol. The number of nitrogens with one attached hydrogen (secondary N) is 1. The number of methoxy groups -OCH3 is 2. The summed E-state index contributed by atoms with van der Waals surface area (Å²) >= 11 is 1.52. The molecule has 2 rings (SSSR count). The lowest BCUT2D eigenvalue weighted by Crippen LogP contribution is -2.28. The maximum atomic E-state index is 12.1. The molecule has 2 aromatic carbocycles. The van der Waals surface area contributed by atoms with E-state index in [1.807, 2.05) is 55.5 Å². The highest BCUT2D eigenvalue weighted by Crippen LogP contribution is 2.29.